The molecule has 0 aliphatic heterocycles. The van der Waals surface area contributed by atoms with Gasteiger partial charge in [0, 0.05) is 28.3 Å². The smallest absolute Gasteiger partial charge is 0.255 e. The van der Waals surface area contributed by atoms with E-state index in [9.17, 15) is 4.79 Å². The molecule has 0 aliphatic carbocycles. The molecule has 2 N–H and O–H groups in total. The molecule has 0 aliphatic rings. The molecule has 1 amide bonds. The predicted molar refractivity (Wildman–Crippen MR) is 81.2 cm³/mol. The van der Waals surface area contributed by atoms with Crippen LogP contribution in [0.25, 0.3) is 0 Å². The summed E-state index contributed by atoms with van der Waals surface area (Å²) in [5.74, 6) is -0.0646. The highest BCUT2D eigenvalue weighted by Crippen LogP contribution is 2.22. The van der Waals surface area contributed by atoms with E-state index < -0.39 is 0 Å². The molecule has 0 radical (unpaired) electrons. The highest BCUT2D eigenvalue weighted by molar-refractivity contribution is 9.10. The number of carbonyl (C=O) groups is 1. The summed E-state index contributed by atoms with van der Waals surface area (Å²) in [7, 11) is 1.77. The zero-order valence-corrected chi connectivity index (χ0v) is 13.1. The van der Waals surface area contributed by atoms with Crippen LogP contribution in [0.3, 0.4) is 0 Å². The normalized spacial score (nSPS) is 10.5. The van der Waals surface area contributed by atoms with Crippen molar-refractivity contribution in [1.29, 1.82) is 0 Å². The summed E-state index contributed by atoms with van der Waals surface area (Å²) < 4.78 is 0.749. The van der Waals surface area contributed by atoms with E-state index in [1.165, 1.54) is 0 Å². The molecule has 2 aromatic rings. The van der Waals surface area contributed by atoms with Crippen molar-refractivity contribution in [3.8, 4) is 0 Å². The first-order chi connectivity index (χ1) is 8.97. The molecule has 0 atom stereocenters. The lowest BCUT2D eigenvalue weighted by molar-refractivity contribution is 0.0785. The Balaban J connectivity index is 2.16. The second kappa shape index (κ2) is 5.71. The van der Waals surface area contributed by atoms with Gasteiger partial charge in [-0.15, -0.1) is 11.3 Å². The number of aromatic nitrogens is 1. The minimum absolute atomic E-state index is 0.0646. The second-order valence-electron chi connectivity index (χ2n) is 4.25. The SMILES string of the molecule is Cc1ncc(CN(C)C(=O)c2cc(N)ccc2Br)s1. The number of benzene rings is 1. The molecular weight excluding hydrogens is 326 g/mol. The first-order valence-electron chi connectivity index (χ1n) is 5.69. The van der Waals surface area contributed by atoms with Crippen molar-refractivity contribution in [2.75, 3.05) is 12.8 Å². The molecule has 0 fully saturated rings. The van der Waals surface area contributed by atoms with Crippen molar-refractivity contribution in [3.63, 3.8) is 0 Å². The summed E-state index contributed by atoms with van der Waals surface area (Å²) in [6.45, 7) is 2.50. The Hall–Kier alpha value is -1.40. The number of aryl methyl sites for hydroxylation is 1. The number of hydrogen-bond donors (Lipinski definition) is 1. The van der Waals surface area contributed by atoms with Crippen molar-refractivity contribution in [1.82, 2.24) is 9.88 Å². The molecule has 2 rings (SSSR count). The number of thiazole rings is 1. The Kier molecular flexibility index (Phi) is 4.21. The number of nitrogen functional groups attached to an aromatic ring is 1. The van der Waals surface area contributed by atoms with Gasteiger partial charge in [-0.05, 0) is 41.1 Å². The van der Waals surface area contributed by atoms with Crippen LogP contribution in [0.1, 0.15) is 20.2 Å². The minimum atomic E-state index is -0.0646. The third kappa shape index (κ3) is 3.33. The van der Waals surface area contributed by atoms with Gasteiger partial charge in [-0.3, -0.25) is 4.79 Å². The van der Waals surface area contributed by atoms with Crippen LogP contribution in [0.4, 0.5) is 5.69 Å². The third-order valence-electron chi connectivity index (χ3n) is 2.63. The number of nitrogens with two attached hydrogens (primary N) is 1. The lowest BCUT2D eigenvalue weighted by Gasteiger charge is -2.17. The fourth-order valence-corrected chi connectivity index (χ4v) is 2.96. The average Bonchev–Trinajstić information content (AvgIpc) is 2.77. The maximum absolute atomic E-state index is 12.4. The molecular formula is C13H14BrN3OS. The van der Waals surface area contributed by atoms with E-state index in [0.29, 0.717) is 17.8 Å². The molecule has 4 nitrogen and oxygen atoms in total. The minimum Gasteiger partial charge on any atom is -0.399 e. The van der Waals surface area contributed by atoms with E-state index in [0.717, 1.165) is 14.4 Å². The molecule has 0 unspecified atom stereocenters. The topological polar surface area (TPSA) is 59.2 Å². The van der Waals surface area contributed by atoms with Gasteiger partial charge in [0.15, 0.2) is 0 Å². The summed E-state index contributed by atoms with van der Waals surface area (Å²) >= 11 is 4.97. The quantitative estimate of drug-likeness (QED) is 0.874. The Bertz CT molecular complexity index is 612. The average molecular weight is 340 g/mol. The van der Waals surface area contributed by atoms with E-state index in [1.54, 1.807) is 47.7 Å². The number of halogens is 1. The van der Waals surface area contributed by atoms with Gasteiger partial charge in [-0.2, -0.15) is 0 Å². The number of carbonyl (C=O) groups excluding carboxylic acids is 1. The van der Waals surface area contributed by atoms with E-state index in [2.05, 4.69) is 20.9 Å². The summed E-state index contributed by atoms with van der Waals surface area (Å²) in [6.07, 6.45) is 1.80. The Morgan fingerprint density at radius 3 is 2.89 bits per heavy atom. The largest absolute Gasteiger partial charge is 0.399 e. The van der Waals surface area contributed by atoms with Gasteiger partial charge in [0.25, 0.3) is 5.91 Å². The van der Waals surface area contributed by atoms with Crippen LogP contribution in [0, 0.1) is 6.92 Å². The molecule has 1 heterocycles. The van der Waals surface area contributed by atoms with Crippen LogP contribution in [-0.4, -0.2) is 22.8 Å². The van der Waals surface area contributed by atoms with E-state index in [1.807, 2.05) is 6.92 Å². The molecule has 100 valence electrons. The molecule has 0 saturated heterocycles. The van der Waals surface area contributed by atoms with Crippen molar-refractivity contribution in [2.45, 2.75) is 13.5 Å². The van der Waals surface area contributed by atoms with Gasteiger partial charge >= 0.3 is 0 Å². The van der Waals surface area contributed by atoms with Crippen molar-refractivity contribution < 1.29 is 4.79 Å². The molecule has 1 aromatic carbocycles. The second-order valence-corrected chi connectivity index (χ2v) is 6.42. The summed E-state index contributed by atoms with van der Waals surface area (Å²) in [5, 5.41) is 1.00. The van der Waals surface area contributed by atoms with Gasteiger partial charge in [0.05, 0.1) is 17.1 Å². The summed E-state index contributed by atoms with van der Waals surface area (Å²) in [5.41, 5.74) is 6.87. The van der Waals surface area contributed by atoms with Gasteiger partial charge in [-0.1, -0.05) is 0 Å². The number of rotatable bonds is 3. The standard InChI is InChI=1S/C13H14BrN3OS/c1-8-16-6-10(19-8)7-17(2)13(18)11-5-9(15)3-4-12(11)14/h3-6H,7,15H2,1-2H3. The highest BCUT2D eigenvalue weighted by atomic mass is 79.9. The molecule has 1 aromatic heterocycles. The van der Waals surface area contributed by atoms with E-state index in [4.69, 9.17) is 5.73 Å². The summed E-state index contributed by atoms with van der Waals surface area (Å²) in [4.78, 5) is 19.3. The van der Waals surface area contributed by atoms with Crippen molar-refractivity contribution in [3.05, 3.63) is 44.3 Å². The molecule has 19 heavy (non-hydrogen) atoms. The van der Waals surface area contributed by atoms with Crippen molar-refractivity contribution >= 4 is 38.9 Å². The Labute approximate surface area is 124 Å². The summed E-state index contributed by atoms with van der Waals surface area (Å²) in [6, 6.07) is 5.22. The molecule has 0 spiro atoms. The first kappa shape index (κ1) is 14.0. The van der Waals surface area contributed by atoms with Crippen molar-refractivity contribution in [2.24, 2.45) is 0 Å². The van der Waals surface area contributed by atoms with Crippen LogP contribution >= 0.6 is 27.3 Å². The highest BCUT2D eigenvalue weighted by Gasteiger charge is 2.16. The number of nitrogens with zero attached hydrogens (tertiary/aromatic N) is 2. The van der Waals surface area contributed by atoms with Crippen LogP contribution in [0.5, 0.6) is 0 Å². The number of amides is 1. The van der Waals surface area contributed by atoms with E-state index in [-0.39, 0.29) is 5.91 Å². The Morgan fingerprint density at radius 2 is 2.26 bits per heavy atom. The van der Waals surface area contributed by atoms with Gasteiger partial charge in [0.2, 0.25) is 0 Å². The first-order valence-corrected chi connectivity index (χ1v) is 7.30. The number of hydrogen-bond acceptors (Lipinski definition) is 4. The molecule has 0 bridgehead atoms. The lowest BCUT2D eigenvalue weighted by Crippen LogP contribution is -2.26. The van der Waals surface area contributed by atoms with Gasteiger partial charge < -0.3 is 10.6 Å². The van der Waals surface area contributed by atoms with Gasteiger partial charge in [-0.25, -0.2) is 4.98 Å². The van der Waals surface area contributed by atoms with E-state index >= 15 is 0 Å². The van der Waals surface area contributed by atoms with Crippen LogP contribution in [0.2, 0.25) is 0 Å². The number of anilines is 1. The fraction of sp³-hybridized carbons (Fsp3) is 0.231. The zero-order valence-electron chi connectivity index (χ0n) is 10.7. The predicted octanol–water partition coefficient (Wildman–Crippen LogP) is 3.07. The zero-order chi connectivity index (χ0) is 14.0. The van der Waals surface area contributed by atoms with Gasteiger partial charge in [0.1, 0.15) is 0 Å². The maximum atomic E-state index is 12.4. The van der Waals surface area contributed by atoms with Crippen LogP contribution in [-0.2, 0) is 6.54 Å². The lowest BCUT2D eigenvalue weighted by atomic mass is 10.2. The molecule has 0 saturated carbocycles. The molecule has 6 heteroatoms. The monoisotopic (exact) mass is 339 g/mol. The third-order valence-corrected chi connectivity index (χ3v) is 4.22. The van der Waals surface area contributed by atoms with Crippen LogP contribution < -0.4 is 5.73 Å². The fourth-order valence-electron chi connectivity index (χ4n) is 1.70. The maximum Gasteiger partial charge on any atom is 0.255 e. The Morgan fingerprint density at radius 1 is 1.53 bits per heavy atom. The van der Waals surface area contributed by atoms with Crippen LogP contribution in [0.15, 0.2) is 28.9 Å².